The van der Waals surface area contributed by atoms with Gasteiger partial charge in [0.25, 0.3) is 0 Å². The molecule has 1 radical (unpaired) electrons. The third-order valence-electron chi connectivity index (χ3n) is 5.70. The van der Waals surface area contributed by atoms with Crippen molar-refractivity contribution in [3.8, 4) is 11.1 Å². The van der Waals surface area contributed by atoms with Crippen molar-refractivity contribution in [1.29, 1.82) is 0 Å². The average molecular weight is 392 g/mol. The highest BCUT2D eigenvalue weighted by molar-refractivity contribution is 5.81. The van der Waals surface area contributed by atoms with E-state index in [2.05, 4.69) is 120 Å². The van der Waals surface area contributed by atoms with Crippen molar-refractivity contribution in [1.82, 2.24) is 0 Å². The Morgan fingerprint density at radius 3 is 1.31 bits per heavy atom. The largest absolute Gasteiger partial charge is 0.0573 e. The van der Waals surface area contributed by atoms with Gasteiger partial charge < -0.3 is 0 Å². The van der Waals surface area contributed by atoms with E-state index < -0.39 is 0 Å². The van der Waals surface area contributed by atoms with Crippen LogP contribution in [0.5, 0.6) is 0 Å². The lowest BCUT2D eigenvalue weighted by Gasteiger charge is -2.36. The fourth-order valence-electron chi connectivity index (χ4n) is 4.21. The van der Waals surface area contributed by atoms with Crippen LogP contribution in [0.3, 0.4) is 0 Å². The van der Waals surface area contributed by atoms with Crippen LogP contribution in [0.2, 0.25) is 0 Å². The van der Waals surface area contributed by atoms with E-state index in [1.165, 1.54) is 38.9 Å². The van der Waals surface area contributed by atoms with Gasteiger partial charge in [0.15, 0.2) is 0 Å². The lowest BCUT2D eigenvalue weighted by molar-refractivity contribution is 0.557. The van der Waals surface area contributed by atoms with Gasteiger partial charge in [-0.15, -0.1) is 0 Å². The molecule has 0 saturated carbocycles. The molecule has 0 saturated heterocycles. The van der Waals surface area contributed by atoms with Crippen LogP contribution in [0.4, 0.5) is 0 Å². The Bertz CT molecular complexity index is 814. The van der Waals surface area contributed by atoms with E-state index in [4.69, 9.17) is 0 Å². The molecule has 2 aromatic rings. The highest BCUT2D eigenvalue weighted by Gasteiger charge is 2.33. The van der Waals surface area contributed by atoms with Crippen LogP contribution in [0.25, 0.3) is 11.1 Å². The molecule has 0 bridgehead atoms. The highest BCUT2D eigenvalue weighted by Crippen LogP contribution is 2.48. The molecule has 0 spiro atoms. The molecule has 0 aromatic heterocycles. The predicted molar refractivity (Wildman–Crippen MR) is 130 cm³/mol. The lowest BCUT2D eigenvalue weighted by Crippen LogP contribution is -2.24. The maximum absolute atomic E-state index is 3.66. The first-order valence-corrected chi connectivity index (χ1v) is 11.1. The summed E-state index contributed by atoms with van der Waals surface area (Å²) < 4.78 is 0. The Balaban J connectivity index is 3.21. The molecule has 2 aromatic carbocycles. The van der Waals surface area contributed by atoms with Gasteiger partial charge in [-0.3, -0.25) is 0 Å². The van der Waals surface area contributed by atoms with E-state index in [9.17, 15) is 0 Å². The molecule has 0 atom stereocenters. The van der Waals surface area contributed by atoms with Gasteiger partial charge >= 0.3 is 0 Å². The van der Waals surface area contributed by atoms with Crippen molar-refractivity contribution in [3.63, 3.8) is 0 Å². The van der Waals surface area contributed by atoms with Crippen LogP contribution in [0.15, 0.2) is 24.3 Å². The molecule has 0 amide bonds. The van der Waals surface area contributed by atoms with Gasteiger partial charge in [-0.05, 0) is 68.0 Å². The van der Waals surface area contributed by atoms with Gasteiger partial charge in [-0.25, -0.2) is 0 Å². The third kappa shape index (κ3) is 4.96. The smallest absolute Gasteiger partial charge is 0.00970 e. The first-order chi connectivity index (χ1) is 12.8. The Morgan fingerprint density at radius 1 is 0.552 bits per heavy atom. The topological polar surface area (TPSA) is 0 Å². The van der Waals surface area contributed by atoms with Gasteiger partial charge in [0.2, 0.25) is 0 Å². The van der Waals surface area contributed by atoms with Crippen molar-refractivity contribution in [2.45, 2.75) is 112 Å². The first kappa shape index (κ1) is 23.7. The summed E-state index contributed by atoms with van der Waals surface area (Å²) in [6, 6.07) is 12.9. The Kier molecular flexibility index (Phi) is 5.96. The maximum atomic E-state index is 3.66. The summed E-state index contributed by atoms with van der Waals surface area (Å²) >= 11 is 0. The van der Waals surface area contributed by atoms with Crippen molar-refractivity contribution >= 4 is 0 Å². The molecule has 0 heterocycles. The average Bonchev–Trinajstić information content (AvgIpc) is 2.50. The predicted octanol–water partition coefficient (Wildman–Crippen LogP) is 8.65. The summed E-state index contributed by atoms with van der Waals surface area (Å²) in [4.78, 5) is 0. The van der Waals surface area contributed by atoms with Gasteiger partial charge in [0.05, 0.1) is 0 Å². The lowest BCUT2D eigenvalue weighted by atomic mass is 9.67. The molecule has 0 aliphatic carbocycles. The second-order valence-electron chi connectivity index (χ2n) is 12.9. The van der Waals surface area contributed by atoms with Crippen molar-refractivity contribution in [2.24, 2.45) is 0 Å². The molecule has 0 unspecified atom stereocenters. The van der Waals surface area contributed by atoms with Gasteiger partial charge in [-0.1, -0.05) is 113 Å². The molecular weight excluding hydrogens is 348 g/mol. The number of benzene rings is 2. The number of hydrogen-bond acceptors (Lipinski definition) is 0. The Labute approximate surface area is 181 Å². The monoisotopic (exact) mass is 391 g/mol. The minimum absolute atomic E-state index is 0.0196. The quantitative estimate of drug-likeness (QED) is 0.456. The van der Waals surface area contributed by atoms with Crippen molar-refractivity contribution in [2.75, 3.05) is 0 Å². The first-order valence-electron chi connectivity index (χ1n) is 11.1. The van der Waals surface area contributed by atoms with E-state index in [1.54, 1.807) is 0 Å². The summed E-state index contributed by atoms with van der Waals surface area (Å²) in [5, 5.41) is 0. The summed E-state index contributed by atoms with van der Waals surface area (Å²) in [7, 11) is 0. The zero-order chi connectivity index (χ0) is 22.6. The second-order valence-corrected chi connectivity index (χ2v) is 12.9. The second kappa shape index (κ2) is 7.29. The highest BCUT2D eigenvalue weighted by atomic mass is 14.4. The normalized spacial score (nSPS) is 13.7. The van der Waals surface area contributed by atoms with Crippen molar-refractivity contribution in [3.05, 3.63) is 58.1 Å². The van der Waals surface area contributed by atoms with Crippen LogP contribution in [-0.2, 0) is 21.7 Å². The molecule has 0 nitrogen and oxygen atoms in total. The molecule has 0 N–H and O–H groups in total. The summed E-state index contributed by atoms with van der Waals surface area (Å²) in [5.41, 5.74) is 10.00. The molecule has 0 heteroatoms. The minimum atomic E-state index is 0.0196. The van der Waals surface area contributed by atoms with E-state index in [-0.39, 0.29) is 21.7 Å². The maximum Gasteiger partial charge on any atom is -0.00970 e. The molecular formula is C29H43. The van der Waals surface area contributed by atoms with E-state index in [0.29, 0.717) is 0 Å². The summed E-state index contributed by atoms with van der Waals surface area (Å²) in [5.74, 6) is 0. The van der Waals surface area contributed by atoms with Gasteiger partial charge in [0, 0.05) is 0 Å². The standard InChI is InChI=1S/C29H43/c1-19-17-22(28(8,9)10)25(23(18-19)29(11,12)13)24-20(26(2,3)4)15-14-16-21(24)27(5,6)7/h14-15,17-18H,1-13H3. The van der Waals surface area contributed by atoms with E-state index in [1.807, 2.05) is 0 Å². The summed E-state index contributed by atoms with van der Waals surface area (Å²) in [6.07, 6.45) is 0. The molecule has 0 fully saturated rings. The van der Waals surface area contributed by atoms with Gasteiger partial charge in [0.1, 0.15) is 0 Å². The van der Waals surface area contributed by atoms with Gasteiger partial charge in [-0.2, -0.15) is 0 Å². The van der Waals surface area contributed by atoms with E-state index in [0.717, 1.165) is 0 Å². The molecule has 0 aliphatic rings. The van der Waals surface area contributed by atoms with Crippen LogP contribution in [-0.4, -0.2) is 0 Å². The Morgan fingerprint density at radius 2 is 0.966 bits per heavy atom. The van der Waals surface area contributed by atoms with E-state index >= 15 is 0 Å². The summed E-state index contributed by atoms with van der Waals surface area (Å²) in [6.45, 7) is 30.3. The fourth-order valence-corrected chi connectivity index (χ4v) is 4.21. The number of aryl methyl sites for hydroxylation is 1. The van der Waals surface area contributed by atoms with Crippen LogP contribution in [0.1, 0.15) is 111 Å². The third-order valence-corrected chi connectivity index (χ3v) is 5.70. The number of hydrogen-bond donors (Lipinski definition) is 0. The molecule has 0 aliphatic heterocycles. The van der Waals surface area contributed by atoms with Crippen molar-refractivity contribution < 1.29 is 0 Å². The molecule has 159 valence electrons. The molecule has 2 rings (SSSR count). The SMILES string of the molecule is Cc1cc(C(C)(C)C)c(-c2c(C(C)(C)C)[c]ccc2C(C)(C)C)c(C(C)(C)C)c1. The zero-order valence-electron chi connectivity index (χ0n) is 21.3. The van der Waals surface area contributed by atoms with Crippen LogP contribution < -0.4 is 0 Å². The fraction of sp³-hybridized carbons (Fsp3) is 0.586. The Hall–Kier alpha value is -1.56. The van der Waals surface area contributed by atoms with Crippen LogP contribution >= 0.6 is 0 Å². The van der Waals surface area contributed by atoms with Crippen LogP contribution in [0, 0.1) is 13.0 Å². The zero-order valence-corrected chi connectivity index (χ0v) is 21.3. The number of rotatable bonds is 1. The molecule has 29 heavy (non-hydrogen) atoms. The minimum Gasteiger partial charge on any atom is -0.0573 e.